The Balaban J connectivity index is 1.19. The molecular weight excluding hydrogens is 540 g/mol. The number of rotatable bonds is 7. The van der Waals surface area contributed by atoms with E-state index in [9.17, 15) is 14.7 Å². The smallest absolute Gasteiger partial charge is 0.335 e. The summed E-state index contributed by atoms with van der Waals surface area (Å²) >= 11 is 0. The highest BCUT2D eigenvalue weighted by atomic mass is 16.5. The molecule has 0 radical (unpaired) electrons. The van der Waals surface area contributed by atoms with E-state index in [1.54, 1.807) is 12.1 Å². The summed E-state index contributed by atoms with van der Waals surface area (Å²) in [6.07, 6.45) is 7.91. The number of benzene rings is 3. The molecule has 1 N–H and O–H groups in total. The topological polar surface area (TPSA) is 97.5 Å². The minimum atomic E-state index is -0.948. The molecule has 7 rings (SSSR count). The van der Waals surface area contributed by atoms with Crippen molar-refractivity contribution in [2.45, 2.75) is 51.0 Å². The first kappa shape index (κ1) is 27.1. The van der Waals surface area contributed by atoms with E-state index in [-0.39, 0.29) is 18.1 Å². The van der Waals surface area contributed by atoms with Gasteiger partial charge < -0.3 is 19.3 Å². The number of aromatic nitrogens is 3. The summed E-state index contributed by atoms with van der Waals surface area (Å²) in [5.74, 6) is 0.594. The molecule has 0 bridgehead atoms. The summed E-state index contributed by atoms with van der Waals surface area (Å²) < 4.78 is 8.16. The first-order valence-corrected chi connectivity index (χ1v) is 15.2. The number of amides is 1. The van der Waals surface area contributed by atoms with Crippen molar-refractivity contribution < 1.29 is 19.4 Å². The van der Waals surface area contributed by atoms with E-state index < -0.39 is 5.97 Å². The Labute approximate surface area is 249 Å². The van der Waals surface area contributed by atoms with Crippen molar-refractivity contribution in [2.75, 3.05) is 19.7 Å². The molecule has 2 fully saturated rings. The number of carbonyl (C=O) groups excluding carboxylic acids is 1. The van der Waals surface area contributed by atoms with Gasteiger partial charge in [-0.15, -0.1) is 0 Å². The highest BCUT2D eigenvalue weighted by Gasteiger charge is 2.23. The predicted molar refractivity (Wildman–Crippen MR) is 166 cm³/mol. The molecule has 3 heterocycles. The number of carbonyl (C=O) groups is 2. The summed E-state index contributed by atoms with van der Waals surface area (Å²) in [5.41, 5.74) is 5.53. The van der Waals surface area contributed by atoms with Crippen molar-refractivity contribution in [3.05, 3.63) is 78.4 Å². The van der Waals surface area contributed by atoms with Crippen molar-refractivity contribution in [3.63, 3.8) is 0 Å². The van der Waals surface area contributed by atoms with Crippen LogP contribution in [-0.2, 0) is 4.79 Å². The normalized spacial score (nSPS) is 15.8. The Morgan fingerprint density at radius 1 is 0.814 bits per heavy atom. The maximum atomic E-state index is 12.4. The number of fused-ring (bicyclic) bond motifs is 2. The highest BCUT2D eigenvalue weighted by molar-refractivity contribution is 5.94. The van der Waals surface area contributed by atoms with E-state index in [0.717, 1.165) is 77.8 Å². The molecule has 8 heteroatoms. The standard InChI is InChI=1S/C35H34N4O4/c40-33(38-17-4-5-18-38)22-43-28-10-6-7-23(20-28)29-14-11-24-19-25(12-15-30(24)36-29)34-37-31-21-26(35(41)42)13-16-32(31)39(34)27-8-2-1-3-9-27/h6-7,10-16,19-21,27H,1-5,8-9,17-18,22H2,(H,41,42). The fourth-order valence-electron chi connectivity index (χ4n) is 6.52. The summed E-state index contributed by atoms with van der Waals surface area (Å²) in [7, 11) is 0. The molecule has 1 amide bonds. The van der Waals surface area contributed by atoms with Crippen LogP contribution in [0, 0.1) is 0 Å². The Bertz CT molecular complexity index is 1830. The minimum absolute atomic E-state index is 0.0295. The molecule has 5 aromatic rings. The van der Waals surface area contributed by atoms with Crippen LogP contribution in [0.2, 0.25) is 0 Å². The zero-order valence-electron chi connectivity index (χ0n) is 24.0. The third-order valence-corrected chi connectivity index (χ3v) is 8.77. The van der Waals surface area contributed by atoms with Gasteiger partial charge >= 0.3 is 5.97 Å². The van der Waals surface area contributed by atoms with Crippen molar-refractivity contribution in [1.82, 2.24) is 19.4 Å². The molecule has 0 unspecified atom stereocenters. The van der Waals surface area contributed by atoms with Crippen LogP contribution in [-0.4, -0.2) is 56.1 Å². The number of ether oxygens (including phenoxy) is 1. The van der Waals surface area contributed by atoms with Gasteiger partial charge in [-0.1, -0.05) is 37.5 Å². The molecule has 1 saturated carbocycles. The number of hydrogen-bond acceptors (Lipinski definition) is 5. The minimum Gasteiger partial charge on any atom is -0.484 e. The number of carboxylic acids is 1. The molecule has 8 nitrogen and oxygen atoms in total. The molecule has 3 aromatic carbocycles. The fourth-order valence-corrected chi connectivity index (χ4v) is 6.52. The van der Waals surface area contributed by atoms with Gasteiger partial charge in [0, 0.05) is 35.6 Å². The van der Waals surface area contributed by atoms with Crippen molar-refractivity contribution in [2.24, 2.45) is 0 Å². The Morgan fingerprint density at radius 3 is 2.47 bits per heavy atom. The molecule has 218 valence electrons. The average Bonchev–Trinajstić information content (AvgIpc) is 3.72. The van der Waals surface area contributed by atoms with E-state index in [1.165, 1.54) is 19.3 Å². The van der Waals surface area contributed by atoms with Gasteiger partial charge in [0.05, 0.1) is 27.8 Å². The molecule has 1 saturated heterocycles. The summed E-state index contributed by atoms with van der Waals surface area (Å²) in [6.45, 7) is 1.67. The molecule has 0 atom stereocenters. The summed E-state index contributed by atoms with van der Waals surface area (Å²) in [5, 5.41) is 10.5. The zero-order valence-corrected chi connectivity index (χ0v) is 24.0. The largest absolute Gasteiger partial charge is 0.484 e. The van der Waals surface area contributed by atoms with Crippen LogP contribution in [0.4, 0.5) is 0 Å². The molecule has 2 aliphatic rings. The molecule has 1 aliphatic carbocycles. The number of aromatic carboxylic acids is 1. The highest BCUT2D eigenvalue weighted by Crippen LogP contribution is 2.37. The van der Waals surface area contributed by atoms with Crippen LogP contribution in [0.15, 0.2) is 72.8 Å². The predicted octanol–water partition coefficient (Wildman–Crippen LogP) is 7.12. The van der Waals surface area contributed by atoms with Gasteiger partial charge in [-0.25, -0.2) is 14.8 Å². The first-order chi connectivity index (χ1) is 21.0. The lowest BCUT2D eigenvalue weighted by Crippen LogP contribution is -2.32. The van der Waals surface area contributed by atoms with Gasteiger partial charge in [0.15, 0.2) is 6.61 Å². The Morgan fingerprint density at radius 2 is 1.65 bits per heavy atom. The van der Waals surface area contributed by atoms with Crippen LogP contribution in [0.1, 0.15) is 61.3 Å². The lowest BCUT2D eigenvalue weighted by Gasteiger charge is -2.25. The zero-order chi connectivity index (χ0) is 29.3. The average molecular weight is 575 g/mol. The van der Waals surface area contributed by atoms with Gasteiger partial charge in [-0.3, -0.25) is 4.79 Å². The molecular formula is C35H34N4O4. The van der Waals surface area contributed by atoms with Gasteiger partial charge in [0.2, 0.25) is 0 Å². The lowest BCUT2D eigenvalue weighted by atomic mass is 9.94. The quantitative estimate of drug-likeness (QED) is 0.222. The third-order valence-electron chi connectivity index (χ3n) is 8.77. The lowest BCUT2D eigenvalue weighted by molar-refractivity contribution is -0.132. The van der Waals surface area contributed by atoms with Crippen molar-refractivity contribution >= 4 is 33.8 Å². The van der Waals surface area contributed by atoms with Crippen LogP contribution in [0.25, 0.3) is 44.6 Å². The van der Waals surface area contributed by atoms with Gasteiger partial charge in [-0.05, 0) is 80.3 Å². The number of nitrogens with zero attached hydrogens (tertiary/aromatic N) is 4. The van der Waals surface area contributed by atoms with Crippen LogP contribution in [0.3, 0.4) is 0 Å². The Kier molecular flexibility index (Phi) is 7.27. The third kappa shape index (κ3) is 5.45. The number of hydrogen-bond donors (Lipinski definition) is 1. The van der Waals surface area contributed by atoms with E-state index in [4.69, 9.17) is 14.7 Å². The second kappa shape index (κ2) is 11.5. The Hall–Kier alpha value is -4.72. The van der Waals surface area contributed by atoms with Gasteiger partial charge in [-0.2, -0.15) is 0 Å². The SMILES string of the molecule is O=C(O)c1ccc2c(c1)nc(-c1ccc3nc(-c4cccc(OCC(=O)N5CCCC5)c4)ccc3c1)n2C1CCCCC1. The second-order valence-electron chi connectivity index (χ2n) is 11.6. The van der Waals surface area contributed by atoms with Gasteiger partial charge in [0.1, 0.15) is 11.6 Å². The second-order valence-corrected chi connectivity index (χ2v) is 11.6. The van der Waals surface area contributed by atoms with Crippen LogP contribution < -0.4 is 4.74 Å². The maximum absolute atomic E-state index is 12.4. The molecule has 2 aromatic heterocycles. The van der Waals surface area contributed by atoms with Crippen LogP contribution in [0.5, 0.6) is 5.75 Å². The molecule has 43 heavy (non-hydrogen) atoms. The summed E-state index contributed by atoms with van der Waals surface area (Å²) in [6, 6.07) is 23.6. The maximum Gasteiger partial charge on any atom is 0.335 e. The van der Waals surface area contributed by atoms with E-state index in [2.05, 4.69) is 22.8 Å². The molecule has 0 spiro atoms. The van der Waals surface area contributed by atoms with E-state index in [0.29, 0.717) is 17.3 Å². The van der Waals surface area contributed by atoms with E-state index >= 15 is 0 Å². The number of carboxylic acid groups (broad SMARTS) is 1. The van der Waals surface area contributed by atoms with Gasteiger partial charge in [0.25, 0.3) is 5.91 Å². The first-order valence-electron chi connectivity index (χ1n) is 15.2. The molecule has 1 aliphatic heterocycles. The number of likely N-dealkylation sites (tertiary alicyclic amines) is 1. The number of imidazole rings is 1. The van der Waals surface area contributed by atoms with Crippen molar-refractivity contribution in [1.29, 1.82) is 0 Å². The van der Waals surface area contributed by atoms with Crippen molar-refractivity contribution in [3.8, 4) is 28.4 Å². The van der Waals surface area contributed by atoms with Crippen LogP contribution >= 0.6 is 0 Å². The fraction of sp³-hybridized carbons (Fsp3) is 0.314. The monoisotopic (exact) mass is 574 g/mol. The summed E-state index contributed by atoms with van der Waals surface area (Å²) in [4.78, 5) is 35.8. The van der Waals surface area contributed by atoms with E-state index in [1.807, 2.05) is 47.4 Å². The number of pyridine rings is 1.